The van der Waals surface area contributed by atoms with E-state index in [0.717, 1.165) is 5.56 Å². The highest BCUT2D eigenvalue weighted by Gasteiger charge is 2.22. The van der Waals surface area contributed by atoms with Crippen LogP contribution in [0.3, 0.4) is 0 Å². The van der Waals surface area contributed by atoms with Gasteiger partial charge in [-0.15, -0.1) is 0 Å². The molecule has 1 N–H and O–H groups in total. The summed E-state index contributed by atoms with van der Waals surface area (Å²) < 4.78 is 10.5. The molecular formula is C14H18N2O3. The van der Waals surface area contributed by atoms with Crippen molar-refractivity contribution >= 4 is 0 Å². The van der Waals surface area contributed by atoms with Gasteiger partial charge in [-0.1, -0.05) is 31.1 Å². The third-order valence-electron chi connectivity index (χ3n) is 3.17. The zero-order valence-electron chi connectivity index (χ0n) is 11.3. The van der Waals surface area contributed by atoms with Crippen molar-refractivity contribution in [3.8, 4) is 17.1 Å². The van der Waals surface area contributed by atoms with Gasteiger partial charge in [-0.25, -0.2) is 0 Å². The number of hydrogen-bond acceptors (Lipinski definition) is 5. The van der Waals surface area contributed by atoms with Gasteiger partial charge in [0.2, 0.25) is 11.7 Å². The largest absolute Gasteiger partial charge is 0.496 e. The zero-order valence-corrected chi connectivity index (χ0v) is 11.3. The van der Waals surface area contributed by atoms with E-state index in [4.69, 9.17) is 9.26 Å². The Morgan fingerprint density at radius 1 is 1.37 bits per heavy atom. The van der Waals surface area contributed by atoms with Crippen LogP contribution in [0.2, 0.25) is 0 Å². The van der Waals surface area contributed by atoms with Crippen molar-refractivity contribution in [1.82, 2.24) is 10.1 Å². The molecule has 0 aliphatic heterocycles. The Kier molecular flexibility index (Phi) is 4.16. The van der Waals surface area contributed by atoms with E-state index < -0.39 is 6.10 Å². The summed E-state index contributed by atoms with van der Waals surface area (Å²) in [5, 5.41) is 13.8. The minimum absolute atomic E-state index is 0.180. The molecule has 1 heterocycles. The summed E-state index contributed by atoms with van der Waals surface area (Å²) in [7, 11) is 1.60. The highest BCUT2D eigenvalue weighted by Crippen LogP contribution is 2.29. The van der Waals surface area contributed by atoms with E-state index in [1.54, 1.807) is 7.11 Å². The van der Waals surface area contributed by atoms with Crippen LogP contribution < -0.4 is 4.74 Å². The number of aliphatic hydroxyl groups excluding tert-OH is 1. The second-order valence-electron chi connectivity index (χ2n) is 4.42. The molecule has 0 spiro atoms. The SMILES string of the molecule is CCC(O)C(C)c1nc(-c2ccccc2OC)no1. The number of aliphatic hydroxyl groups is 1. The van der Waals surface area contributed by atoms with Crippen molar-refractivity contribution in [2.75, 3.05) is 7.11 Å². The van der Waals surface area contributed by atoms with Crippen LogP contribution in [0, 0.1) is 0 Å². The lowest BCUT2D eigenvalue weighted by atomic mass is 10.0. The van der Waals surface area contributed by atoms with E-state index in [2.05, 4.69) is 10.1 Å². The van der Waals surface area contributed by atoms with Gasteiger partial charge in [0.25, 0.3) is 0 Å². The predicted molar refractivity (Wildman–Crippen MR) is 71.0 cm³/mol. The summed E-state index contributed by atoms with van der Waals surface area (Å²) >= 11 is 0. The monoisotopic (exact) mass is 262 g/mol. The lowest BCUT2D eigenvalue weighted by Gasteiger charge is -2.11. The van der Waals surface area contributed by atoms with E-state index in [1.807, 2.05) is 38.1 Å². The van der Waals surface area contributed by atoms with Crippen LogP contribution in [0.4, 0.5) is 0 Å². The molecule has 0 aliphatic rings. The number of methoxy groups -OCH3 is 1. The van der Waals surface area contributed by atoms with Crippen LogP contribution >= 0.6 is 0 Å². The lowest BCUT2D eigenvalue weighted by Crippen LogP contribution is -2.14. The Bertz CT molecular complexity index is 539. The molecular weight excluding hydrogens is 244 g/mol. The Balaban J connectivity index is 2.30. The molecule has 0 radical (unpaired) electrons. The van der Waals surface area contributed by atoms with Crippen LogP contribution in [0.25, 0.3) is 11.4 Å². The summed E-state index contributed by atoms with van der Waals surface area (Å²) in [5.41, 5.74) is 0.776. The molecule has 1 aromatic heterocycles. The van der Waals surface area contributed by atoms with Gasteiger partial charge in [-0.2, -0.15) is 4.98 Å². The highest BCUT2D eigenvalue weighted by molar-refractivity contribution is 5.63. The minimum Gasteiger partial charge on any atom is -0.496 e. The van der Waals surface area contributed by atoms with E-state index in [9.17, 15) is 5.11 Å². The maximum atomic E-state index is 9.81. The first-order chi connectivity index (χ1) is 9.17. The molecule has 0 fully saturated rings. The Morgan fingerprint density at radius 3 is 2.79 bits per heavy atom. The Hall–Kier alpha value is -1.88. The maximum Gasteiger partial charge on any atom is 0.232 e. The van der Waals surface area contributed by atoms with Crippen molar-refractivity contribution in [3.05, 3.63) is 30.2 Å². The molecule has 2 aromatic rings. The van der Waals surface area contributed by atoms with Crippen LogP contribution in [0.15, 0.2) is 28.8 Å². The van der Waals surface area contributed by atoms with Gasteiger partial charge >= 0.3 is 0 Å². The first-order valence-corrected chi connectivity index (χ1v) is 6.32. The summed E-state index contributed by atoms with van der Waals surface area (Å²) in [4.78, 5) is 4.34. The van der Waals surface area contributed by atoms with E-state index >= 15 is 0 Å². The van der Waals surface area contributed by atoms with Crippen molar-refractivity contribution < 1.29 is 14.4 Å². The summed E-state index contributed by atoms with van der Waals surface area (Å²) in [6.07, 6.45) is 0.166. The quantitative estimate of drug-likeness (QED) is 0.897. The molecule has 19 heavy (non-hydrogen) atoms. The van der Waals surface area contributed by atoms with Crippen LogP contribution in [0.5, 0.6) is 5.75 Å². The van der Waals surface area contributed by atoms with Crippen LogP contribution in [0.1, 0.15) is 32.1 Å². The van der Waals surface area contributed by atoms with Gasteiger partial charge in [0.05, 0.1) is 24.7 Å². The van der Waals surface area contributed by atoms with Gasteiger partial charge in [0.1, 0.15) is 5.75 Å². The number of hydrogen-bond donors (Lipinski definition) is 1. The molecule has 0 amide bonds. The van der Waals surface area contributed by atoms with Crippen LogP contribution in [-0.4, -0.2) is 28.5 Å². The first kappa shape index (κ1) is 13.5. The van der Waals surface area contributed by atoms with E-state index in [-0.39, 0.29) is 5.92 Å². The van der Waals surface area contributed by atoms with E-state index in [0.29, 0.717) is 23.9 Å². The number of aromatic nitrogens is 2. The fourth-order valence-corrected chi connectivity index (χ4v) is 1.88. The molecule has 5 nitrogen and oxygen atoms in total. The molecule has 2 rings (SSSR count). The summed E-state index contributed by atoms with van der Waals surface area (Å²) in [5.74, 6) is 1.43. The van der Waals surface area contributed by atoms with Crippen molar-refractivity contribution in [2.45, 2.75) is 32.3 Å². The van der Waals surface area contributed by atoms with Gasteiger partial charge in [0.15, 0.2) is 0 Å². The summed E-state index contributed by atoms with van der Waals surface area (Å²) in [6, 6.07) is 7.48. The Morgan fingerprint density at radius 2 is 2.11 bits per heavy atom. The number of para-hydroxylation sites is 1. The fourth-order valence-electron chi connectivity index (χ4n) is 1.88. The predicted octanol–water partition coefficient (Wildman–Crippen LogP) is 2.62. The number of nitrogens with zero attached hydrogens (tertiary/aromatic N) is 2. The minimum atomic E-state index is -0.481. The van der Waals surface area contributed by atoms with Gasteiger partial charge in [-0.05, 0) is 18.6 Å². The molecule has 2 unspecified atom stereocenters. The molecule has 0 saturated heterocycles. The number of benzene rings is 1. The smallest absolute Gasteiger partial charge is 0.232 e. The molecule has 0 bridgehead atoms. The molecule has 2 atom stereocenters. The second kappa shape index (κ2) is 5.84. The van der Waals surface area contributed by atoms with Crippen molar-refractivity contribution in [2.24, 2.45) is 0 Å². The van der Waals surface area contributed by atoms with Crippen LogP contribution in [-0.2, 0) is 0 Å². The lowest BCUT2D eigenvalue weighted by molar-refractivity contribution is 0.129. The van der Waals surface area contributed by atoms with Crippen molar-refractivity contribution in [3.63, 3.8) is 0 Å². The normalized spacial score (nSPS) is 14.1. The number of rotatable bonds is 5. The van der Waals surface area contributed by atoms with Crippen molar-refractivity contribution in [1.29, 1.82) is 0 Å². The topological polar surface area (TPSA) is 68.4 Å². The van der Waals surface area contributed by atoms with Gasteiger partial charge in [-0.3, -0.25) is 0 Å². The van der Waals surface area contributed by atoms with Gasteiger partial charge in [0, 0.05) is 0 Å². The Labute approximate surface area is 112 Å². The van der Waals surface area contributed by atoms with Gasteiger partial charge < -0.3 is 14.4 Å². The molecule has 1 aromatic carbocycles. The third-order valence-corrected chi connectivity index (χ3v) is 3.17. The number of ether oxygens (including phenoxy) is 1. The molecule has 5 heteroatoms. The zero-order chi connectivity index (χ0) is 13.8. The first-order valence-electron chi connectivity index (χ1n) is 6.32. The highest BCUT2D eigenvalue weighted by atomic mass is 16.5. The average molecular weight is 262 g/mol. The molecule has 0 aliphatic carbocycles. The standard InChI is InChI=1S/C14H18N2O3/c1-4-11(17)9(2)14-15-13(16-19-14)10-7-5-6-8-12(10)18-3/h5-9,11,17H,4H2,1-3H3. The second-order valence-corrected chi connectivity index (χ2v) is 4.42. The summed E-state index contributed by atoms with van der Waals surface area (Å²) in [6.45, 7) is 3.78. The molecule has 102 valence electrons. The van der Waals surface area contributed by atoms with E-state index in [1.165, 1.54) is 0 Å². The average Bonchev–Trinajstić information content (AvgIpc) is 2.95. The fraction of sp³-hybridized carbons (Fsp3) is 0.429. The third kappa shape index (κ3) is 2.76. The maximum absolute atomic E-state index is 9.81. The molecule has 0 saturated carbocycles.